The molecule has 0 unspecified atom stereocenters. The standard InChI is InChI=1S/C15H15FN2O/c16-13-8-4-5-9-14(13)17-11-15(19)18-10-12-6-2-1-3-7-12/h1-9,17H,10-11H2,(H,18,19). The summed E-state index contributed by atoms with van der Waals surface area (Å²) in [7, 11) is 0. The number of amides is 1. The summed E-state index contributed by atoms with van der Waals surface area (Å²) in [4.78, 5) is 11.6. The lowest BCUT2D eigenvalue weighted by atomic mass is 10.2. The third-order valence-electron chi connectivity index (χ3n) is 2.65. The van der Waals surface area contributed by atoms with Crippen molar-refractivity contribution in [3.8, 4) is 0 Å². The van der Waals surface area contributed by atoms with Crippen LogP contribution in [0.4, 0.5) is 10.1 Å². The Hall–Kier alpha value is -2.36. The topological polar surface area (TPSA) is 41.1 Å². The summed E-state index contributed by atoms with van der Waals surface area (Å²) in [5, 5.41) is 5.53. The number of carbonyl (C=O) groups is 1. The molecule has 3 nitrogen and oxygen atoms in total. The quantitative estimate of drug-likeness (QED) is 0.865. The zero-order chi connectivity index (χ0) is 13.5. The van der Waals surface area contributed by atoms with E-state index >= 15 is 0 Å². The van der Waals surface area contributed by atoms with Crippen molar-refractivity contribution in [2.24, 2.45) is 0 Å². The van der Waals surface area contributed by atoms with E-state index in [1.807, 2.05) is 30.3 Å². The molecule has 2 aromatic carbocycles. The van der Waals surface area contributed by atoms with Crippen LogP contribution in [0.1, 0.15) is 5.56 Å². The Kier molecular flexibility index (Phi) is 4.50. The lowest BCUT2D eigenvalue weighted by Crippen LogP contribution is -2.29. The summed E-state index contributed by atoms with van der Waals surface area (Å²) in [6.45, 7) is 0.520. The molecule has 4 heteroatoms. The van der Waals surface area contributed by atoms with Crippen LogP contribution >= 0.6 is 0 Å². The summed E-state index contributed by atoms with van der Waals surface area (Å²) in [6, 6.07) is 15.9. The average Bonchev–Trinajstić information content (AvgIpc) is 2.45. The number of hydrogen-bond acceptors (Lipinski definition) is 2. The van der Waals surface area contributed by atoms with Gasteiger partial charge in [0.15, 0.2) is 0 Å². The van der Waals surface area contributed by atoms with Gasteiger partial charge in [-0.2, -0.15) is 0 Å². The van der Waals surface area contributed by atoms with Crippen LogP contribution in [0, 0.1) is 5.82 Å². The number of anilines is 1. The largest absolute Gasteiger partial charge is 0.374 e. The fraction of sp³-hybridized carbons (Fsp3) is 0.133. The molecule has 0 bridgehead atoms. The molecule has 0 aliphatic rings. The minimum Gasteiger partial charge on any atom is -0.374 e. The Bertz CT molecular complexity index is 543. The molecule has 0 aliphatic heterocycles. The van der Waals surface area contributed by atoms with Crippen molar-refractivity contribution in [2.75, 3.05) is 11.9 Å². The third kappa shape index (κ3) is 4.10. The van der Waals surface area contributed by atoms with Crippen LogP contribution in [-0.2, 0) is 11.3 Å². The molecule has 98 valence electrons. The van der Waals surface area contributed by atoms with Crippen molar-refractivity contribution in [1.29, 1.82) is 0 Å². The van der Waals surface area contributed by atoms with Gasteiger partial charge in [-0.05, 0) is 17.7 Å². The van der Waals surface area contributed by atoms with Gasteiger partial charge in [-0.25, -0.2) is 4.39 Å². The number of hydrogen-bond donors (Lipinski definition) is 2. The third-order valence-corrected chi connectivity index (χ3v) is 2.65. The first-order chi connectivity index (χ1) is 9.25. The second-order valence-electron chi connectivity index (χ2n) is 4.10. The number of rotatable bonds is 5. The SMILES string of the molecule is O=C(CNc1ccccc1F)NCc1ccccc1. The molecule has 0 saturated carbocycles. The van der Waals surface area contributed by atoms with E-state index in [4.69, 9.17) is 0 Å². The zero-order valence-corrected chi connectivity index (χ0v) is 10.4. The molecule has 0 spiro atoms. The van der Waals surface area contributed by atoms with Crippen molar-refractivity contribution in [3.63, 3.8) is 0 Å². The van der Waals surface area contributed by atoms with E-state index in [0.717, 1.165) is 5.56 Å². The van der Waals surface area contributed by atoms with E-state index in [1.165, 1.54) is 6.07 Å². The normalized spacial score (nSPS) is 9.95. The van der Waals surface area contributed by atoms with E-state index in [1.54, 1.807) is 18.2 Å². The molecule has 0 aromatic heterocycles. The summed E-state index contributed by atoms with van der Waals surface area (Å²) >= 11 is 0. The van der Waals surface area contributed by atoms with Gasteiger partial charge in [-0.15, -0.1) is 0 Å². The highest BCUT2D eigenvalue weighted by atomic mass is 19.1. The molecule has 0 aliphatic carbocycles. The van der Waals surface area contributed by atoms with Gasteiger partial charge in [0.05, 0.1) is 12.2 Å². The number of halogens is 1. The Labute approximate surface area is 111 Å². The molecule has 2 N–H and O–H groups in total. The fourth-order valence-corrected chi connectivity index (χ4v) is 1.64. The number of carbonyl (C=O) groups excluding carboxylic acids is 1. The van der Waals surface area contributed by atoms with Gasteiger partial charge in [0.1, 0.15) is 5.82 Å². The van der Waals surface area contributed by atoms with Crippen LogP contribution in [0.15, 0.2) is 54.6 Å². The highest BCUT2D eigenvalue weighted by Gasteiger charge is 2.03. The van der Waals surface area contributed by atoms with E-state index in [2.05, 4.69) is 10.6 Å². The van der Waals surface area contributed by atoms with E-state index < -0.39 is 0 Å². The minimum atomic E-state index is -0.363. The molecule has 2 rings (SSSR count). The van der Waals surface area contributed by atoms with Crippen LogP contribution in [0.2, 0.25) is 0 Å². The number of para-hydroxylation sites is 1. The maximum absolute atomic E-state index is 13.3. The van der Waals surface area contributed by atoms with Gasteiger partial charge in [0.25, 0.3) is 0 Å². The summed E-state index contributed by atoms with van der Waals surface area (Å²) in [5.41, 5.74) is 1.36. The first kappa shape index (κ1) is 13.1. The van der Waals surface area contributed by atoms with Gasteiger partial charge in [0.2, 0.25) is 5.91 Å². The lowest BCUT2D eigenvalue weighted by Gasteiger charge is -2.08. The van der Waals surface area contributed by atoms with Crippen molar-refractivity contribution in [2.45, 2.75) is 6.54 Å². The van der Waals surface area contributed by atoms with Crippen molar-refractivity contribution in [3.05, 3.63) is 66.0 Å². The lowest BCUT2D eigenvalue weighted by molar-refractivity contribution is -0.119. The summed E-state index contributed by atoms with van der Waals surface area (Å²) in [5.74, 6) is -0.537. The van der Waals surface area contributed by atoms with E-state index in [9.17, 15) is 9.18 Å². The maximum atomic E-state index is 13.3. The zero-order valence-electron chi connectivity index (χ0n) is 10.4. The van der Waals surface area contributed by atoms with Gasteiger partial charge in [-0.1, -0.05) is 42.5 Å². The molecule has 0 fully saturated rings. The molecule has 19 heavy (non-hydrogen) atoms. The first-order valence-electron chi connectivity index (χ1n) is 6.05. The van der Waals surface area contributed by atoms with Gasteiger partial charge < -0.3 is 10.6 Å². The predicted molar refractivity (Wildman–Crippen MR) is 73.2 cm³/mol. The number of benzene rings is 2. The molecule has 0 saturated heterocycles. The molecule has 2 aromatic rings. The van der Waals surface area contributed by atoms with Gasteiger partial charge in [0, 0.05) is 6.54 Å². The van der Waals surface area contributed by atoms with Crippen molar-refractivity contribution in [1.82, 2.24) is 5.32 Å². The molecular weight excluding hydrogens is 243 g/mol. The van der Waals surface area contributed by atoms with Crippen LogP contribution in [-0.4, -0.2) is 12.5 Å². The fourth-order valence-electron chi connectivity index (χ4n) is 1.64. The highest BCUT2D eigenvalue weighted by molar-refractivity contribution is 5.80. The molecule has 0 radical (unpaired) electrons. The smallest absolute Gasteiger partial charge is 0.239 e. The van der Waals surface area contributed by atoms with Crippen molar-refractivity contribution >= 4 is 11.6 Å². The Morgan fingerprint density at radius 2 is 1.68 bits per heavy atom. The summed E-state index contributed by atoms with van der Waals surface area (Å²) in [6.07, 6.45) is 0. The van der Waals surface area contributed by atoms with Gasteiger partial charge >= 0.3 is 0 Å². The average molecular weight is 258 g/mol. The Morgan fingerprint density at radius 3 is 2.42 bits per heavy atom. The van der Waals surface area contributed by atoms with E-state index in [0.29, 0.717) is 12.2 Å². The van der Waals surface area contributed by atoms with Crippen LogP contribution < -0.4 is 10.6 Å². The monoisotopic (exact) mass is 258 g/mol. The summed E-state index contributed by atoms with van der Waals surface area (Å²) < 4.78 is 13.3. The second-order valence-corrected chi connectivity index (χ2v) is 4.10. The highest BCUT2D eigenvalue weighted by Crippen LogP contribution is 2.11. The molecular formula is C15H15FN2O. The van der Waals surface area contributed by atoms with Crippen LogP contribution in [0.25, 0.3) is 0 Å². The van der Waals surface area contributed by atoms with E-state index in [-0.39, 0.29) is 18.3 Å². The van der Waals surface area contributed by atoms with Crippen LogP contribution in [0.5, 0.6) is 0 Å². The Morgan fingerprint density at radius 1 is 1.00 bits per heavy atom. The van der Waals surface area contributed by atoms with Crippen LogP contribution in [0.3, 0.4) is 0 Å². The molecule has 0 atom stereocenters. The van der Waals surface area contributed by atoms with Crippen molar-refractivity contribution < 1.29 is 9.18 Å². The Balaban J connectivity index is 1.78. The molecule has 1 amide bonds. The first-order valence-corrected chi connectivity index (χ1v) is 6.05. The minimum absolute atomic E-state index is 0.0494. The molecule has 0 heterocycles. The number of nitrogens with one attached hydrogen (secondary N) is 2. The second kappa shape index (κ2) is 6.54. The van der Waals surface area contributed by atoms with Gasteiger partial charge in [-0.3, -0.25) is 4.79 Å². The maximum Gasteiger partial charge on any atom is 0.239 e. The predicted octanol–water partition coefficient (Wildman–Crippen LogP) is 2.55.